The number of hydrogen-bond acceptors (Lipinski definition) is 6. The first-order valence-corrected chi connectivity index (χ1v) is 10.2. The van der Waals surface area contributed by atoms with Gasteiger partial charge in [-0.05, 0) is 30.8 Å². The number of nitrogens with one attached hydrogen (secondary N) is 1. The minimum Gasteiger partial charge on any atom is -0.354 e. The van der Waals surface area contributed by atoms with Gasteiger partial charge < -0.3 is 11.1 Å². The Hall–Kier alpha value is -1.28. The fraction of sp³-hybridized carbons (Fsp3) is 0.529. The van der Waals surface area contributed by atoms with Crippen LogP contribution in [0.25, 0.3) is 10.6 Å². The average Bonchev–Trinajstić information content (AvgIpc) is 3.25. The van der Waals surface area contributed by atoms with Crippen LogP contribution in [-0.2, 0) is 11.3 Å². The third-order valence-corrected chi connectivity index (χ3v) is 6.05. The van der Waals surface area contributed by atoms with E-state index >= 15 is 0 Å². The molecule has 2 aromatic heterocycles. The topological polar surface area (TPSA) is 71.2 Å². The average molecular weight is 365 g/mol. The molecule has 0 radical (unpaired) electrons. The molecule has 0 aliphatic carbocycles. The van der Waals surface area contributed by atoms with Crippen molar-refractivity contribution in [2.24, 2.45) is 5.73 Å². The first-order chi connectivity index (χ1) is 11.8. The summed E-state index contributed by atoms with van der Waals surface area (Å²) in [6.07, 6.45) is 6.00. The summed E-state index contributed by atoms with van der Waals surface area (Å²) in [6, 6.07) is 2.52. The van der Waals surface area contributed by atoms with Crippen LogP contribution in [0.4, 0.5) is 0 Å². The molecule has 7 heteroatoms. The Kier molecular flexibility index (Phi) is 6.37. The second-order valence-electron chi connectivity index (χ2n) is 6.11. The summed E-state index contributed by atoms with van der Waals surface area (Å²) in [5.41, 5.74) is 6.64. The number of rotatable bonds is 7. The lowest BCUT2D eigenvalue weighted by atomic mass is 10.0. The molecule has 1 saturated heterocycles. The number of nitrogens with two attached hydrogens (primary N) is 1. The zero-order valence-electron chi connectivity index (χ0n) is 13.7. The standard InChI is InChI=1S/C17H24N4OS2/c18-6-4-16(22)19-9-14-3-1-2-7-21(14)11-15-10-20-17(24-15)13-5-8-23-12-13/h5,8,10,12,14H,1-4,6-7,9,11,18H2,(H,19,22). The Labute approximate surface area is 150 Å². The fourth-order valence-corrected chi connectivity index (χ4v) is 4.70. The predicted molar refractivity (Wildman–Crippen MR) is 100 cm³/mol. The number of thiazole rings is 1. The van der Waals surface area contributed by atoms with E-state index in [0.717, 1.165) is 31.1 Å². The molecule has 1 aliphatic rings. The quantitative estimate of drug-likeness (QED) is 0.792. The van der Waals surface area contributed by atoms with Gasteiger partial charge in [0, 0.05) is 54.1 Å². The van der Waals surface area contributed by atoms with Gasteiger partial charge in [0.15, 0.2) is 0 Å². The monoisotopic (exact) mass is 364 g/mol. The SMILES string of the molecule is NCCC(=O)NCC1CCCCN1Cc1cnc(-c2ccsc2)s1. The van der Waals surface area contributed by atoms with Crippen LogP contribution in [0, 0.1) is 0 Å². The van der Waals surface area contributed by atoms with Gasteiger partial charge in [-0.3, -0.25) is 9.69 Å². The first kappa shape index (κ1) is 17.5. The van der Waals surface area contributed by atoms with E-state index in [4.69, 9.17) is 5.73 Å². The van der Waals surface area contributed by atoms with Gasteiger partial charge in [0.25, 0.3) is 0 Å². The Morgan fingerprint density at radius 2 is 2.38 bits per heavy atom. The van der Waals surface area contributed by atoms with E-state index in [1.165, 1.54) is 23.3 Å². The lowest BCUT2D eigenvalue weighted by Gasteiger charge is -2.35. The highest BCUT2D eigenvalue weighted by molar-refractivity contribution is 7.15. The lowest BCUT2D eigenvalue weighted by molar-refractivity contribution is -0.121. The van der Waals surface area contributed by atoms with Crippen LogP contribution < -0.4 is 11.1 Å². The molecule has 3 rings (SSSR count). The van der Waals surface area contributed by atoms with E-state index in [1.807, 2.05) is 6.20 Å². The predicted octanol–water partition coefficient (Wildman–Crippen LogP) is 2.69. The van der Waals surface area contributed by atoms with E-state index in [2.05, 4.69) is 32.0 Å². The largest absolute Gasteiger partial charge is 0.354 e. The second-order valence-corrected chi connectivity index (χ2v) is 8.00. The summed E-state index contributed by atoms with van der Waals surface area (Å²) in [4.78, 5) is 20.0. The van der Waals surface area contributed by atoms with Crippen LogP contribution in [0.5, 0.6) is 0 Å². The number of carbonyl (C=O) groups excluding carboxylic acids is 1. The summed E-state index contributed by atoms with van der Waals surface area (Å²) < 4.78 is 0. The fourth-order valence-electron chi connectivity index (χ4n) is 3.05. The van der Waals surface area contributed by atoms with Crippen molar-refractivity contribution in [3.63, 3.8) is 0 Å². The highest BCUT2D eigenvalue weighted by atomic mass is 32.1. The van der Waals surface area contributed by atoms with Gasteiger partial charge in [0.1, 0.15) is 5.01 Å². The molecule has 1 unspecified atom stereocenters. The van der Waals surface area contributed by atoms with Gasteiger partial charge in [-0.15, -0.1) is 11.3 Å². The summed E-state index contributed by atoms with van der Waals surface area (Å²) in [7, 11) is 0. The summed E-state index contributed by atoms with van der Waals surface area (Å²) in [6.45, 7) is 3.13. The third kappa shape index (κ3) is 4.63. The number of hydrogen-bond donors (Lipinski definition) is 2. The van der Waals surface area contributed by atoms with Gasteiger partial charge in [-0.25, -0.2) is 4.98 Å². The number of thiophene rings is 1. The van der Waals surface area contributed by atoms with Crippen molar-refractivity contribution in [2.75, 3.05) is 19.6 Å². The molecule has 3 heterocycles. The zero-order chi connectivity index (χ0) is 16.8. The summed E-state index contributed by atoms with van der Waals surface area (Å²) in [5.74, 6) is 0.0561. The van der Waals surface area contributed by atoms with Crippen molar-refractivity contribution in [3.05, 3.63) is 27.9 Å². The molecule has 5 nitrogen and oxygen atoms in total. The van der Waals surface area contributed by atoms with Gasteiger partial charge in [-0.2, -0.15) is 11.3 Å². The van der Waals surface area contributed by atoms with Gasteiger partial charge in [0.2, 0.25) is 5.91 Å². The molecular formula is C17H24N4OS2. The van der Waals surface area contributed by atoms with E-state index < -0.39 is 0 Å². The number of likely N-dealkylation sites (tertiary alicyclic amines) is 1. The number of amides is 1. The molecule has 0 saturated carbocycles. The van der Waals surface area contributed by atoms with Crippen molar-refractivity contribution in [1.29, 1.82) is 0 Å². The Morgan fingerprint density at radius 1 is 1.46 bits per heavy atom. The normalized spacial score (nSPS) is 18.6. The molecule has 3 N–H and O–H groups in total. The number of carbonyl (C=O) groups is 1. The highest BCUT2D eigenvalue weighted by Gasteiger charge is 2.23. The second kappa shape index (κ2) is 8.71. The lowest BCUT2D eigenvalue weighted by Crippen LogP contribution is -2.46. The molecule has 130 valence electrons. The van der Waals surface area contributed by atoms with Crippen molar-refractivity contribution in [1.82, 2.24) is 15.2 Å². The van der Waals surface area contributed by atoms with E-state index in [-0.39, 0.29) is 5.91 Å². The first-order valence-electron chi connectivity index (χ1n) is 8.44. The number of piperidine rings is 1. The zero-order valence-corrected chi connectivity index (χ0v) is 15.4. The van der Waals surface area contributed by atoms with Crippen LogP contribution in [0.2, 0.25) is 0 Å². The van der Waals surface area contributed by atoms with Crippen LogP contribution in [0.15, 0.2) is 23.0 Å². The van der Waals surface area contributed by atoms with E-state index in [9.17, 15) is 4.79 Å². The molecule has 0 aromatic carbocycles. The van der Waals surface area contributed by atoms with Crippen molar-refractivity contribution >= 4 is 28.6 Å². The Bertz CT molecular complexity index is 641. The van der Waals surface area contributed by atoms with Gasteiger partial charge in [0.05, 0.1) is 0 Å². The Morgan fingerprint density at radius 3 is 3.17 bits per heavy atom. The number of aromatic nitrogens is 1. The third-order valence-electron chi connectivity index (χ3n) is 4.34. The molecular weight excluding hydrogens is 340 g/mol. The molecule has 0 bridgehead atoms. The molecule has 2 aromatic rings. The number of nitrogens with zero attached hydrogens (tertiary/aromatic N) is 2. The van der Waals surface area contributed by atoms with Crippen molar-refractivity contribution < 1.29 is 4.79 Å². The van der Waals surface area contributed by atoms with E-state index in [1.54, 1.807) is 22.7 Å². The minimum atomic E-state index is 0.0561. The summed E-state index contributed by atoms with van der Waals surface area (Å²) in [5, 5.41) is 8.34. The Balaban J connectivity index is 1.58. The van der Waals surface area contributed by atoms with Crippen LogP contribution in [0.3, 0.4) is 0 Å². The molecule has 1 amide bonds. The van der Waals surface area contributed by atoms with Crippen LogP contribution in [0.1, 0.15) is 30.6 Å². The summed E-state index contributed by atoms with van der Waals surface area (Å²) >= 11 is 3.47. The molecule has 1 fully saturated rings. The highest BCUT2D eigenvalue weighted by Crippen LogP contribution is 2.29. The maximum absolute atomic E-state index is 11.7. The maximum atomic E-state index is 11.7. The molecule has 24 heavy (non-hydrogen) atoms. The van der Waals surface area contributed by atoms with Crippen LogP contribution >= 0.6 is 22.7 Å². The molecule has 1 atom stereocenters. The maximum Gasteiger partial charge on any atom is 0.221 e. The van der Waals surface area contributed by atoms with E-state index in [0.29, 0.717) is 19.0 Å². The van der Waals surface area contributed by atoms with Gasteiger partial charge >= 0.3 is 0 Å². The van der Waals surface area contributed by atoms with Crippen molar-refractivity contribution in [3.8, 4) is 10.6 Å². The minimum absolute atomic E-state index is 0.0561. The molecule has 1 aliphatic heterocycles. The smallest absolute Gasteiger partial charge is 0.221 e. The molecule has 0 spiro atoms. The van der Waals surface area contributed by atoms with Crippen molar-refractivity contribution in [2.45, 2.75) is 38.3 Å². The van der Waals surface area contributed by atoms with Gasteiger partial charge in [-0.1, -0.05) is 6.42 Å². The van der Waals surface area contributed by atoms with Crippen LogP contribution in [-0.4, -0.2) is 41.5 Å².